The van der Waals surface area contributed by atoms with Crippen molar-refractivity contribution in [1.29, 1.82) is 0 Å². The summed E-state index contributed by atoms with van der Waals surface area (Å²) in [5.74, 6) is 0.279. The molecule has 0 aromatic heterocycles. The van der Waals surface area contributed by atoms with Crippen LogP contribution in [0.5, 0.6) is 0 Å². The Bertz CT molecular complexity index is 341. The van der Waals surface area contributed by atoms with Gasteiger partial charge < -0.3 is 10.6 Å². The van der Waals surface area contributed by atoms with Crippen molar-refractivity contribution in [2.75, 3.05) is 18.0 Å². The summed E-state index contributed by atoms with van der Waals surface area (Å²) >= 11 is 0. The summed E-state index contributed by atoms with van der Waals surface area (Å²) in [6.45, 7) is 7.76. The highest BCUT2D eigenvalue weighted by Gasteiger charge is 2.16. The van der Waals surface area contributed by atoms with Crippen LogP contribution in [0, 0.1) is 11.7 Å². The molecule has 0 bridgehead atoms. The normalized spacial score (nSPS) is 14.4. The lowest BCUT2D eigenvalue weighted by Gasteiger charge is -2.29. The van der Waals surface area contributed by atoms with E-state index in [4.69, 9.17) is 5.73 Å². The zero-order valence-corrected chi connectivity index (χ0v) is 11.0. The van der Waals surface area contributed by atoms with Crippen LogP contribution in [-0.2, 0) is 0 Å². The Kier molecular flexibility index (Phi) is 5.42. The van der Waals surface area contributed by atoms with Crippen LogP contribution >= 0.6 is 0 Å². The topological polar surface area (TPSA) is 29.3 Å². The number of hydrogen-bond donors (Lipinski definition) is 1. The minimum absolute atomic E-state index is 0.0829. The highest BCUT2D eigenvalue weighted by Crippen LogP contribution is 2.19. The summed E-state index contributed by atoms with van der Waals surface area (Å²) in [6.07, 6.45) is 1.05. The Labute approximate surface area is 104 Å². The smallest absolute Gasteiger partial charge is 0.146 e. The molecule has 0 saturated carbocycles. The van der Waals surface area contributed by atoms with Crippen LogP contribution in [0.2, 0.25) is 0 Å². The molecule has 96 valence electrons. The second kappa shape index (κ2) is 6.60. The van der Waals surface area contributed by atoms with Crippen molar-refractivity contribution in [3.8, 4) is 0 Å². The molecule has 0 radical (unpaired) electrons. The number of nitrogens with zero attached hydrogens (tertiary/aromatic N) is 1. The molecule has 0 heterocycles. The number of para-hydroxylation sites is 1. The van der Waals surface area contributed by atoms with Gasteiger partial charge in [-0.1, -0.05) is 32.4 Å². The molecule has 0 aliphatic heterocycles. The maximum atomic E-state index is 13.7. The summed E-state index contributed by atoms with van der Waals surface area (Å²) in [5, 5.41) is 0. The third kappa shape index (κ3) is 3.70. The Morgan fingerprint density at radius 3 is 2.47 bits per heavy atom. The minimum Gasteiger partial charge on any atom is -0.368 e. The molecule has 1 rings (SSSR count). The van der Waals surface area contributed by atoms with Crippen molar-refractivity contribution in [2.45, 2.75) is 33.2 Å². The van der Waals surface area contributed by atoms with Gasteiger partial charge in [0.1, 0.15) is 5.82 Å². The quantitative estimate of drug-likeness (QED) is 0.825. The maximum Gasteiger partial charge on any atom is 0.146 e. The zero-order valence-electron chi connectivity index (χ0n) is 11.0. The van der Waals surface area contributed by atoms with Crippen molar-refractivity contribution in [3.05, 3.63) is 30.1 Å². The van der Waals surface area contributed by atoms with E-state index in [1.54, 1.807) is 6.07 Å². The fourth-order valence-corrected chi connectivity index (χ4v) is 1.84. The van der Waals surface area contributed by atoms with Gasteiger partial charge in [-0.05, 0) is 25.0 Å². The van der Waals surface area contributed by atoms with Gasteiger partial charge in [-0.3, -0.25) is 0 Å². The third-order valence-corrected chi connectivity index (χ3v) is 3.38. The Hall–Kier alpha value is -1.09. The summed E-state index contributed by atoms with van der Waals surface area (Å²) in [6, 6.07) is 6.95. The lowest BCUT2D eigenvalue weighted by molar-refractivity contribution is 0.438. The highest BCUT2D eigenvalue weighted by molar-refractivity contribution is 5.47. The van der Waals surface area contributed by atoms with E-state index in [0.29, 0.717) is 18.2 Å². The van der Waals surface area contributed by atoms with Gasteiger partial charge in [0.15, 0.2) is 0 Å². The fourth-order valence-electron chi connectivity index (χ4n) is 1.84. The number of halogens is 1. The lowest BCUT2D eigenvalue weighted by atomic mass is 9.99. The molecule has 1 aromatic carbocycles. The monoisotopic (exact) mass is 238 g/mol. The van der Waals surface area contributed by atoms with Crippen LogP contribution in [0.4, 0.5) is 10.1 Å². The molecule has 3 heteroatoms. The van der Waals surface area contributed by atoms with E-state index in [-0.39, 0.29) is 11.9 Å². The molecular formula is C14H23FN2. The number of likely N-dealkylation sites (N-methyl/N-ethyl adjacent to an activating group) is 1. The van der Waals surface area contributed by atoms with Crippen molar-refractivity contribution in [1.82, 2.24) is 0 Å². The highest BCUT2D eigenvalue weighted by atomic mass is 19.1. The molecule has 2 N–H and O–H groups in total. The van der Waals surface area contributed by atoms with E-state index in [9.17, 15) is 4.39 Å². The average Bonchev–Trinajstić information content (AvgIpc) is 2.35. The predicted molar refractivity (Wildman–Crippen MR) is 71.7 cm³/mol. The Balaban J connectivity index is 2.76. The van der Waals surface area contributed by atoms with Crippen LogP contribution in [0.25, 0.3) is 0 Å². The second-order valence-electron chi connectivity index (χ2n) is 4.54. The Morgan fingerprint density at radius 2 is 1.94 bits per heavy atom. The van der Waals surface area contributed by atoms with E-state index in [0.717, 1.165) is 13.0 Å². The molecule has 1 unspecified atom stereocenters. The van der Waals surface area contributed by atoms with Gasteiger partial charge in [0.05, 0.1) is 5.69 Å². The first-order valence-electron chi connectivity index (χ1n) is 6.35. The molecule has 0 spiro atoms. The largest absolute Gasteiger partial charge is 0.368 e. The molecule has 0 amide bonds. The van der Waals surface area contributed by atoms with Crippen LogP contribution < -0.4 is 10.6 Å². The van der Waals surface area contributed by atoms with Crippen LogP contribution in [0.3, 0.4) is 0 Å². The molecule has 2 atom stereocenters. The fraction of sp³-hybridized carbons (Fsp3) is 0.571. The van der Waals surface area contributed by atoms with Crippen molar-refractivity contribution < 1.29 is 4.39 Å². The van der Waals surface area contributed by atoms with Gasteiger partial charge in [0, 0.05) is 19.1 Å². The van der Waals surface area contributed by atoms with E-state index in [1.807, 2.05) is 24.0 Å². The SMILES string of the molecule is CCC(C)[C@H](N)CN(CC)c1ccccc1F. The second-order valence-corrected chi connectivity index (χ2v) is 4.54. The predicted octanol–water partition coefficient (Wildman–Crippen LogP) is 3.03. The van der Waals surface area contributed by atoms with Gasteiger partial charge in [0.2, 0.25) is 0 Å². The maximum absolute atomic E-state index is 13.7. The summed E-state index contributed by atoms with van der Waals surface area (Å²) in [7, 11) is 0. The molecule has 0 saturated heterocycles. The number of nitrogens with two attached hydrogens (primary N) is 1. The molecule has 0 aliphatic carbocycles. The van der Waals surface area contributed by atoms with Gasteiger partial charge in [0.25, 0.3) is 0 Å². The first kappa shape index (κ1) is 14.0. The summed E-state index contributed by atoms with van der Waals surface area (Å²) in [4.78, 5) is 2.01. The van der Waals surface area contributed by atoms with Gasteiger partial charge in [-0.25, -0.2) is 4.39 Å². The number of hydrogen-bond acceptors (Lipinski definition) is 2. The molecule has 2 nitrogen and oxygen atoms in total. The number of anilines is 1. The third-order valence-electron chi connectivity index (χ3n) is 3.38. The van der Waals surface area contributed by atoms with Gasteiger partial charge in [-0.15, -0.1) is 0 Å². The number of benzene rings is 1. The minimum atomic E-state index is -0.175. The summed E-state index contributed by atoms with van der Waals surface area (Å²) in [5.41, 5.74) is 6.77. The molecule has 17 heavy (non-hydrogen) atoms. The molecule has 1 aromatic rings. The first-order valence-corrected chi connectivity index (χ1v) is 6.35. The molecular weight excluding hydrogens is 215 g/mol. The van der Waals surface area contributed by atoms with Crippen molar-refractivity contribution in [3.63, 3.8) is 0 Å². The van der Waals surface area contributed by atoms with Crippen molar-refractivity contribution >= 4 is 5.69 Å². The number of rotatable bonds is 6. The van der Waals surface area contributed by atoms with E-state index in [1.165, 1.54) is 6.07 Å². The van der Waals surface area contributed by atoms with Crippen molar-refractivity contribution in [2.24, 2.45) is 11.7 Å². The Morgan fingerprint density at radius 1 is 1.29 bits per heavy atom. The van der Waals surface area contributed by atoms with Crippen LogP contribution in [0.15, 0.2) is 24.3 Å². The summed E-state index contributed by atoms with van der Waals surface area (Å²) < 4.78 is 13.7. The average molecular weight is 238 g/mol. The van der Waals surface area contributed by atoms with Crippen LogP contribution in [0.1, 0.15) is 27.2 Å². The molecule has 0 fully saturated rings. The molecule has 0 aliphatic rings. The first-order chi connectivity index (χ1) is 8.10. The van der Waals surface area contributed by atoms with Gasteiger partial charge in [-0.2, -0.15) is 0 Å². The lowest BCUT2D eigenvalue weighted by Crippen LogP contribution is -2.41. The van der Waals surface area contributed by atoms with E-state index in [2.05, 4.69) is 13.8 Å². The van der Waals surface area contributed by atoms with Crippen LogP contribution in [-0.4, -0.2) is 19.1 Å². The van der Waals surface area contributed by atoms with E-state index < -0.39 is 0 Å². The van der Waals surface area contributed by atoms with Gasteiger partial charge >= 0.3 is 0 Å². The van der Waals surface area contributed by atoms with E-state index >= 15 is 0 Å². The standard InChI is InChI=1S/C14H23FN2/c1-4-11(3)13(16)10-17(5-2)14-9-7-6-8-12(14)15/h6-9,11,13H,4-5,10,16H2,1-3H3/t11?,13-/m1/s1. The zero-order chi connectivity index (χ0) is 12.8.